The Balaban J connectivity index is 1.63. The van der Waals surface area contributed by atoms with Gasteiger partial charge in [0.2, 0.25) is 0 Å². The Bertz CT molecular complexity index is 643. The average molecular weight is 446 g/mol. The first-order valence-electron chi connectivity index (χ1n) is 10.4. The maximum atomic E-state index is 3.49. The second-order valence-corrected chi connectivity index (χ2v) is 8.83. The van der Waals surface area contributed by atoms with Crippen LogP contribution in [0.1, 0.15) is 75.0 Å². The topological polar surface area (TPSA) is 0 Å². The van der Waals surface area contributed by atoms with E-state index in [0.717, 1.165) is 5.33 Å². The Morgan fingerprint density at radius 1 is 0.704 bits per heavy atom. The first kappa shape index (κ1) is 22.3. The van der Waals surface area contributed by atoms with E-state index in [9.17, 15) is 0 Å². The van der Waals surface area contributed by atoms with Crippen LogP contribution in [0.3, 0.4) is 0 Å². The lowest BCUT2D eigenvalue weighted by Gasteiger charge is -2.03. The van der Waals surface area contributed by atoms with Gasteiger partial charge in [-0.3, -0.25) is 0 Å². The molecule has 0 spiro atoms. The highest BCUT2D eigenvalue weighted by Gasteiger charge is 1.96. The molecular formula is C25H33BrS. The van der Waals surface area contributed by atoms with Gasteiger partial charge in [-0.05, 0) is 41.0 Å². The van der Waals surface area contributed by atoms with Gasteiger partial charge in [-0.1, -0.05) is 116 Å². The summed E-state index contributed by atoms with van der Waals surface area (Å²) in [6, 6.07) is 17.6. The summed E-state index contributed by atoms with van der Waals surface area (Å²) in [5.41, 5.74) is 3.81. The van der Waals surface area contributed by atoms with Gasteiger partial charge in [0.05, 0.1) is 0 Å². The Kier molecular flexibility index (Phi) is 11.6. The number of unbranched alkanes of at least 4 members (excludes halogenated alkanes) is 7. The van der Waals surface area contributed by atoms with Crippen molar-refractivity contribution in [1.82, 2.24) is 0 Å². The highest BCUT2D eigenvalue weighted by Crippen LogP contribution is 2.21. The molecule has 0 aliphatic carbocycles. The lowest BCUT2D eigenvalue weighted by atomic mass is 10.1. The number of hydrogen-bond donors (Lipinski definition) is 0. The van der Waals surface area contributed by atoms with Gasteiger partial charge in [0.25, 0.3) is 0 Å². The van der Waals surface area contributed by atoms with Crippen molar-refractivity contribution in [2.75, 3.05) is 5.75 Å². The molecule has 0 nitrogen and oxygen atoms in total. The number of thioether (sulfide) groups is 1. The number of benzene rings is 2. The van der Waals surface area contributed by atoms with Crippen molar-refractivity contribution in [3.05, 3.63) is 65.2 Å². The third-order valence-corrected chi connectivity index (χ3v) is 6.49. The van der Waals surface area contributed by atoms with Crippen molar-refractivity contribution < 1.29 is 0 Å². The van der Waals surface area contributed by atoms with E-state index in [0.29, 0.717) is 0 Å². The summed E-state index contributed by atoms with van der Waals surface area (Å²) in [5, 5.41) is 0.912. The van der Waals surface area contributed by atoms with Crippen LogP contribution in [-0.4, -0.2) is 5.75 Å². The Labute approximate surface area is 179 Å². The van der Waals surface area contributed by atoms with Gasteiger partial charge in [-0.2, -0.15) is 0 Å². The van der Waals surface area contributed by atoms with Crippen LogP contribution < -0.4 is 0 Å². The van der Waals surface area contributed by atoms with Crippen LogP contribution in [0.4, 0.5) is 0 Å². The summed E-state index contributed by atoms with van der Waals surface area (Å²) < 4.78 is 0. The van der Waals surface area contributed by atoms with Crippen molar-refractivity contribution in [1.29, 1.82) is 0 Å². The Hall–Kier alpha value is -0.990. The summed E-state index contributed by atoms with van der Waals surface area (Å²) in [6.07, 6.45) is 15.5. The maximum Gasteiger partial charge on any atom is 0.0283 e. The van der Waals surface area contributed by atoms with E-state index in [4.69, 9.17) is 0 Å². The van der Waals surface area contributed by atoms with Crippen molar-refractivity contribution in [2.45, 2.75) is 68.5 Å². The summed E-state index contributed by atoms with van der Waals surface area (Å²) in [5.74, 6) is 1.24. The molecule has 0 atom stereocenters. The second kappa shape index (κ2) is 14.1. The largest absolute Gasteiger partial charge is 0.126 e. The molecule has 2 rings (SSSR count). The fourth-order valence-electron chi connectivity index (χ4n) is 3.01. The monoisotopic (exact) mass is 444 g/mol. The van der Waals surface area contributed by atoms with Crippen molar-refractivity contribution in [2.24, 2.45) is 0 Å². The second-order valence-electron chi connectivity index (χ2n) is 7.10. The molecule has 2 aromatic rings. The minimum atomic E-state index is 0.912. The molecule has 0 radical (unpaired) electrons. The average Bonchev–Trinajstić information content (AvgIpc) is 2.72. The van der Waals surface area contributed by atoms with Crippen molar-refractivity contribution in [3.8, 4) is 0 Å². The fourth-order valence-corrected chi connectivity index (χ4v) is 4.30. The van der Waals surface area contributed by atoms with Crippen LogP contribution in [0.25, 0.3) is 12.2 Å². The fraction of sp³-hybridized carbons (Fsp3) is 0.440. The third-order valence-electron chi connectivity index (χ3n) is 4.75. The molecule has 0 saturated carbocycles. The zero-order chi connectivity index (χ0) is 19.2. The SMILES string of the molecule is CCCCCCCCCCSc1ccc(/C=C/c2ccc(CBr)cc2)cc1. The molecular weight excluding hydrogens is 412 g/mol. The van der Waals surface area contributed by atoms with Crippen LogP contribution in [0, 0.1) is 0 Å². The standard InChI is InChI=1S/C25H33BrS/c1-2-3-4-5-6-7-8-9-20-27-25-18-16-23(17-19-25)11-10-22-12-14-24(21-26)15-13-22/h10-19H,2-9,20-21H2,1H3/b11-10+. The number of alkyl halides is 1. The third kappa shape index (κ3) is 9.67. The molecule has 0 N–H and O–H groups in total. The first-order valence-corrected chi connectivity index (χ1v) is 12.5. The zero-order valence-corrected chi connectivity index (χ0v) is 19.0. The summed E-state index contributed by atoms with van der Waals surface area (Å²) in [4.78, 5) is 1.39. The lowest BCUT2D eigenvalue weighted by Crippen LogP contribution is -1.83. The highest BCUT2D eigenvalue weighted by atomic mass is 79.9. The molecule has 0 aromatic heterocycles. The van der Waals surface area contributed by atoms with Gasteiger partial charge in [0.1, 0.15) is 0 Å². The molecule has 146 valence electrons. The maximum absolute atomic E-state index is 3.49. The molecule has 27 heavy (non-hydrogen) atoms. The van der Waals surface area contributed by atoms with Crippen LogP contribution in [0.5, 0.6) is 0 Å². The zero-order valence-electron chi connectivity index (χ0n) is 16.6. The van der Waals surface area contributed by atoms with Gasteiger partial charge < -0.3 is 0 Å². The molecule has 0 aliphatic rings. The number of halogens is 1. The van der Waals surface area contributed by atoms with E-state index in [1.807, 2.05) is 11.8 Å². The van der Waals surface area contributed by atoms with Crippen LogP contribution in [-0.2, 0) is 5.33 Å². The Morgan fingerprint density at radius 3 is 1.78 bits per heavy atom. The van der Waals surface area contributed by atoms with Crippen LogP contribution >= 0.6 is 27.7 Å². The van der Waals surface area contributed by atoms with Gasteiger partial charge >= 0.3 is 0 Å². The summed E-state index contributed by atoms with van der Waals surface area (Å²) in [6.45, 7) is 2.28. The molecule has 2 aromatic carbocycles. The number of rotatable bonds is 13. The van der Waals surface area contributed by atoms with E-state index in [2.05, 4.69) is 83.5 Å². The molecule has 0 saturated heterocycles. The smallest absolute Gasteiger partial charge is 0.0283 e. The predicted molar refractivity (Wildman–Crippen MR) is 128 cm³/mol. The van der Waals surface area contributed by atoms with E-state index in [-0.39, 0.29) is 0 Å². The lowest BCUT2D eigenvalue weighted by molar-refractivity contribution is 0.586. The van der Waals surface area contributed by atoms with Gasteiger partial charge in [0.15, 0.2) is 0 Å². The van der Waals surface area contributed by atoms with Crippen molar-refractivity contribution in [3.63, 3.8) is 0 Å². The van der Waals surface area contributed by atoms with E-state index in [1.165, 1.54) is 78.7 Å². The minimum Gasteiger partial charge on any atom is -0.126 e. The molecule has 2 heteroatoms. The molecule has 0 bridgehead atoms. The normalized spacial score (nSPS) is 11.3. The molecule has 0 aliphatic heterocycles. The van der Waals surface area contributed by atoms with Gasteiger partial charge in [-0.15, -0.1) is 11.8 Å². The molecule has 0 unspecified atom stereocenters. The number of hydrogen-bond acceptors (Lipinski definition) is 1. The summed E-state index contributed by atoms with van der Waals surface area (Å²) >= 11 is 5.48. The Morgan fingerprint density at radius 2 is 1.22 bits per heavy atom. The quantitative estimate of drug-likeness (QED) is 0.128. The molecule has 0 amide bonds. The van der Waals surface area contributed by atoms with Crippen molar-refractivity contribution >= 4 is 39.8 Å². The van der Waals surface area contributed by atoms with Gasteiger partial charge in [0, 0.05) is 10.2 Å². The van der Waals surface area contributed by atoms with E-state index < -0.39 is 0 Å². The van der Waals surface area contributed by atoms with E-state index in [1.54, 1.807) is 0 Å². The van der Waals surface area contributed by atoms with Crippen LogP contribution in [0.2, 0.25) is 0 Å². The summed E-state index contributed by atoms with van der Waals surface area (Å²) in [7, 11) is 0. The van der Waals surface area contributed by atoms with Gasteiger partial charge in [-0.25, -0.2) is 0 Å². The van der Waals surface area contributed by atoms with Crippen LogP contribution in [0.15, 0.2) is 53.4 Å². The molecule has 0 heterocycles. The minimum absolute atomic E-state index is 0.912. The van der Waals surface area contributed by atoms with E-state index >= 15 is 0 Å². The first-order chi connectivity index (χ1) is 13.3. The molecule has 0 fully saturated rings. The highest BCUT2D eigenvalue weighted by molar-refractivity contribution is 9.08. The predicted octanol–water partition coefficient (Wildman–Crippen LogP) is 8.98.